The Kier molecular flexibility index (Phi) is 5.83. The lowest BCUT2D eigenvalue weighted by Crippen LogP contribution is -2.45. The van der Waals surface area contributed by atoms with Crippen LogP contribution in [-0.4, -0.2) is 25.4 Å². The van der Waals surface area contributed by atoms with E-state index < -0.39 is 0 Å². The minimum absolute atomic E-state index is 0.473. The van der Waals surface area contributed by atoms with Crippen molar-refractivity contribution in [1.82, 2.24) is 5.32 Å². The van der Waals surface area contributed by atoms with E-state index >= 15 is 0 Å². The molecule has 1 N–H and O–H groups in total. The van der Waals surface area contributed by atoms with Crippen LogP contribution in [0.4, 0.5) is 0 Å². The van der Waals surface area contributed by atoms with Crippen molar-refractivity contribution in [2.45, 2.75) is 52.0 Å². The molecule has 0 radical (unpaired) electrons. The Morgan fingerprint density at radius 1 is 1.11 bits per heavy atom. The van der Waals surface area contributed by atoms with Crippen LogP contribution in [0.15, 0.2) is 24.3 Å². The molecule has 106 valence electrons. The van der Waals surface area contributed by atoms with E-state index in [9.17, 15) is 0 Å². The fraction of sp³-hybridized carbons (Fsp3) is 0.625. The minimum Gasteiger partial charge on any atom is -0.378 e. The Bertz CT molecular complexity index is 375. The van der Waals surface area contributed by atoms with Gasteiger partial charge in [0.1, 0.15) is 0 Å². The van der Waals surface area contributed by atoms with Gasteiger partial charge in [0.2, 0.25) is 0 Å². The summed E-state index contributed by atoms with van der Waals surface area (Å²) in [6.07, 6.45) is 2.75. The average molecular weight is 263 g/mol. The van der Waals surface area contributed by atoms with E-state index in [-0.39, 0.29) is 0 Å². The molecule has 0 aromatic heterocycles. The van der Waals surface area contributed by atoms with E-state index in [1.54, 1.807) is 0 Å². The Hall–Kier alpha value is -0.900. The predicted molar refractivity (Wildman–Crippen MR) is 77.0 cm³/mol. The van der Waals surface area contributed by atoms with Crippen LogP contribution in [0, 0.1) is 0 Å². The number of benzene rings is 1. The smallest absolute Gasteiger partial charge is 0.0719 e. The molecular weight excluding hydrogens is 238 g/mol. The molecule has 0 heterocycles. The average Bonchev–Trinajstić information content (AvgIpc) is 2.40. The summed E-state index contributed by atoms with van der Waals surface area (Å²) >= 11 is 0. The monoisotopic (exact) mass is 263 g/mol. The maximum absolute atomic E-state index is 5.58. The molecule has 0 spiro atoms. The molecule has 3 heteroatoms. The molecule has 1 fully saturated rings. The third-order valence-electron chi connectivity index (χ3n) is 3.66. The normalized spacial score (nSPS) is 22.2. The van der Waals surface area contributed by atoms with Gasteiger partial charge in [-0.25, -0.2) is 0 Å². The highest BCUT2D eigenvalue weighted by atomic mass is 16.5. The van der Waals surface area contributed by atoms with Crippen molar-refractivity contribution in [2.24, 2.45) is 0 Å². The molecule has 0 atom stereocenters. The molecule has 3 nitrogen and oxygen atoms in total. The van der Waals surface area contributed by atoms with Crippen molar-refractivity contribution in [3.8, 4) is 0 Å². The highest BCUT2D eigenvalue weighted by Gasteiger charge is 2.28. The van der Waals surface area contributed by atoms with E-state index in [0.29, 0.717) is 18.8 Å². The molecule has 2 rings (SSSR count). The summed E-state index contributed by atoms with van der Waals surface area (Å²) in [5.41, 5.74) is 2.63. The molecule has 19 heavy (non-hydrogen) atoms. The van der Waals surface area contributed by atoms with Crippen LogP contribution in [0.3, 0.4) is 0 Å². The van der Waals surface area contributed by atoms with E-state index in [1.165, 1.54) is 11.1 Å². The number of ether oxygens (including phenoxy) is 2. The van der Waals surface area contributed by atoms with Gasteiger partial charge < -0.3 is 14.8 Å². The number of hydrogen-bond acceptors (Lipinski definition) is 3. The second-order valence-corrected chi connectivity index (χ2v) is 5.03. The van der Waals surface area contributed by atoms with Gasteiger partial charge in [0.05, 0.1) is 12.7 Å². The molecule has 1 aliphatic carbocycles. The second kappa shape index (κ2) is 7.63. The highest BCUT2D eigenvalue weighted by molar-refractivity contribution is 5.26. The molecule has 1 aromatic carbocycles. The highest BCUT2D eigenvalue weighted by Crippen LogP contribution is 2.23. The van der Waals surface area contributed by atoms with Gasteiger partial charge in [0.15, 0.2) is 0 Å². The van der Waals surface area contributed by atoms with Gasteiger partial charge in [-0.15, -0.1) is 0 Å². The molecule has 0 unspecified atom stereocenters. The minimum atomic E-state index is 0.473. The standard InChI is InChI=1S/C16H25NO2/c1-3-18-12-14-8-6-5-7-13(14)11-17-15-9-16(10-15)19-4-2/h5-8,15-17H,3-4,9-12H2,1-2H3. The van der Waals surface area contributed by atoms with Crippen LogP contribution < -0.4 is 5.32 Å². The Labute approximate surface area is 116 Å². The molecule has 0 bridgehead atoms. The largest absolute Gasteiger partial charge is 0.378 e. The molecule has 0 aliphatic heterocycles. The summed E-state index contributed by atoms with van der Waals surface area (Å²) in [7, 11) is 0. The molecule has 1 aliphatic rings. The van der Waals surface area contributed by atoms with E-state index in [1.807, 2.05) is 6.92 Å². The lowest BCUT2D eigenvalue weighted by atomic mass is 9.89. The van der Waals surface area contributed by atoms with Crippen molar-refractivity contribution < 1.29 is 9.47 Å². The van der Waals surface area contributed by atoms with Gasteiger partial charge >= 0.3 is 0 Å². The summed E-state index contributed by atoms with van der Waals surface area (Å²) in [5.74, 6) is 0. The fourth-order valence-electron chi connectivity index (χ4n) is 2.44. The van der Waals surface area contributed by atoms with Gasteiger partial charge in [-0.05, 0) is 37.8 Å². The summed E-state index contributed by atoms with van der Waals surface area (Å²) in [4.78, 5) is 0. The summed E-state index contributed by atoms with van der Waals surface area (Å²) in [6.45, 7) is 7.32. The first-order chi connectivity index (χ1) is 9.33. The zero-order valence-corrected chi connectivity index (χ0v) is 12.0. The lowest BCUT2D eigenvalue weighted by Gasteiger charge is -2.35. The quantitative estimate of drug-likeness (QED) is 0.782. The number of hydrogen-bond donors (Lipinski definition) is 1. The van der Waals surface area contributed by atoms with E-state index in [4.69, 9.17) is 9.47 Å². The van der Waals surface area contributed by atoms with Gasteiger partial charge in [0.25, 0.3) is 0 Å². The Balaban J connectivity index is 1.77. The first kappa shape index (κ1) is 14.5. The van der Waals surface area contributed by atoms with Crippen molar-refractivity contribution in [2.75, 3.05) is 13.2 Å². The van der Waals surface area contributed by atoms with Gasteiger partial charge in [-0.2, -0.15) is 0 Å². The van der Waals surface area contributed by atoms with E-state index in [2.05, 4.69) is 36.5 Å². The van der Waals surface area contributed by atoms with Crippen molar-refractivity contribution in [3.05, 3.63) is 35.4 Å². The Morgan fingerprint density at radius 3 is 2.53 bits per heavy atom. The third-order valence-corrected chi connectivity index (χ3v) is 3.66. The first-order valence-electron chi connectivity index (χ1n) is 7.33. The third kappa shape index (κ3) is 4.30. The van der Waals surface area contributed by atoms with Crippen LogP contribution in [0.25, 0.3) is 0 Å². The molecule has 0 saturated heterocycles. The van der Waals surface area contributed by atoms with E-state index in [0.717, 1.165) is 32.6 Å². The summed E-state index contributed by atoms with van der Waals surface area (Å²) in [5, 5.41) is 3.61. The van der Waals surface area contributed by atoms with Crippen LogP contribution in [0.5, 0.6) is 0 Å². The topological polar surface area (TPSA) is 30.5 Å². The van der Waals surface area contributed by atoms with Crippen LogP contribution in [0.2, 0.25) is 0 Å². The van der Waals surface area contributed by atoms with Gasteiger partial charge in [-0.3, -0.25) is 0 Å². The molecule has 1 saturated carbocycles. The summed E-state index contributed by atoms with van der Waals surface area (Å²) < 4.78 is 11.1. The van der Waals surface area contributed by atoms with Crippen molar-refractivity contribution in [3.63, 3.8) is 0 Å². The maximum Gasteiger partial charge on any atom is 0.0719 e. The SMILES string of the molecule is CCOCc1ccccc1CNC1CC(OCC)C1. The summed E-state index contributed by atoms with van der Waals surface area (Å²) in [6, 6.07) is 9.11. The predicted octanol–water partition coefficient (Wildman–Crippen LogP) is 2.88. The maximum atomic E-state index is 5.58. The van der Waals surface area contributed by atoms with Crippen molar-refractivity contribution >= 4 is 0 Å². The second-order valence-electron chi connectivity index (χ2n) is 5.03. The molecule has 1 aromatic rings. The van der Waals surface area contributed by atoms with Gasteiger partial charge in [0, 0.05) is 25.8 Å². The molecule has 0 amide bonds. The number of rotatable bonds is 8. The van der Waals surface area contributed by atoms with Crippen LogP contribution >= 0.6 is 0 Å². The Morgan fingerprint density at radius 2 is 1.84 bits per heavy atom. The van der Waals surface area contributed by atoms with Gasteiger partial charge in [-0.1, -0.05) is 24.3 Å². The molecular formula is C16H25NO2. The van der Waals surface area contributed by atoms with Crippen LogP contribution in [0.1, 0.15) is 37.8 Å². The number of nitrogens with one attached hydrogen (secondary N) is 1. The fourth-order valence-corrected chi connectivity index (χ4v) is 2.44. The zero-order chi connectivity index (χ0) is 13.5. The lowest BCUT2D eigenvalue weighted by molar-refractivity contribution is -0.0102. The first-order valence-corrected chi connectivity index (χ1v) is 7.33. The zero-order valence-electron chi connectivity index (χ0n) is 12.0. The van der Waals surface area contributed by atoms with Crippen LogP contribution in [-0.2, 0) is 22.6 Å². The van der Waals surface area contributed by atoms with Crippen molar-refractivity contribution in [1.29, 1.82) is 0 Å².